The van der Waals surface area contributed by atoms with Crippen LogP contribution in [0.2, 0.25) is 0 Å². The van der Waals surface area contributed by atoms with Crippen LogP contribution in [0.25, 0.3) is 0 Å². The molecule has 0 unspecified atom stereocenters. The largest absolute Gasteiger partial charge is 0.337 e. The molecule has 20 heavy (non-hydrogen) atoms. The Morgan fingerprint density at radius 1 is 1.20 bits per heavy atom. The zero-order valence-electron chi connectivity index (χ0n) is 12.3. The van der Waals surface area contributed by atoms with Crippen LogP contribution in [-0.4, -0.2) is 61.4 Å². The first-order valence-corrected chi connectivity index (χ1v) is 7.78. The summed E-state index contributed by atoms with van der Waals surface area (Å²) in [6.07, 6.45) is 4.65. The Labute approximate surface area is 120 Å². The molecule has 2 aliphatic rings. The van der Waals surface area contributed by atoms with Gasteiger partial charge in [-0.05, 0) is 50.5 Å². The number of piperazine rings is 1. The lowest BCUT2D eigenvalue weighted by molar-refractivity contribution is 0.307. The maximum absolute atomic E-state index is 5.40. The first kappa shape index (κ1) is 13.8. The second kappa shape index (κ2) is 6.54. The first-order chi connectivity index (χ1) is 9.81. The van der Waals surface area contributed by atoms with Crippen molar-refractivity contribution in [3.05, 3.63) is 5.89 Å². The van der Waals surface area contributed by atoms with E-state index in [2.05, 4.69) is 32.3 Å². The molecule has 6 heteroatoms. The molecule has 1 aromatic heterocycles. The smallest absolute Gasteiger partial charge is 0.266 e. The number of nitrogens with zero attached hydrogens (tertiary/aromatic N) is 4. The third-order valence-electron chi connectivity index (χ3n) is 4.47. The van der Waals surface area contributed by atoms with Crippen LogP contribution in [0, 0.1) is 5.92 Å². The van der Waals surface area contributed by atoms with Crippen molar-refractivity contribution in [3.63, 3.8) is 0 Å². The Kier molecular flexibility index (Phi) is 4.52. The van der Waals surface area contributed by atoms with E-state index in [1.54, 1.807) is 0 Å². The average Bonchev–Trinajstić information content (AvgIpc) is 2.96. The number of hydrogen-bond acceptors (Lipinski definition) is 6. The van der Waals surface area contributed by atoms with E-state index >= 15 is 0 Å². The Hall–Kier alpha value is -1.14. The zero-order valence-corrected chi connectivity index (χ0v) is 12.3. The Morgan fingerprint density at radius 2 is 1.95 bits per heavy atom. The van der Waals surface area contributed by atoms with Crippen molar-refractivity contribution in [1.29, 1.82) is 0 Å². The van der Waals surface area contributed by atoms with Gasteiger partial charge in [-0.15, -0.1) is 0 Å². The van der Waals surface area contributed by atoms with Gasteiger partial charge in [0.1, 0.15) is 0 Å². The molecular formula is C14H25N5O. The van der Waals surface area contributed by atoms with Crippen LogP contribution in [-0.2, 0) is 6.42 Å². The molecule has 112 valence electrons. The fourth-order valence-corrected chi connectivity index (χ4v) is 2.98. The predicted octanol–water partition coefficient (Wildman–Crippen LogP) is 0.754. The van der Waals surface area contributed by atoms with E-state index in [4.69, 9.17) is 4.52 Å². The normalized spacial score (nSPS) is 22.4. The van der Waals surface area contributed by atoms with Crippen LogP contribution in [0.4, 0.5) is 5.95 Å². The molecule has 2 aliphatic heterocycles. The third-order valence-corrected chi connectivity index (χ3v) is 4.47. The van der Waals surface area contributed by atoms with Crippen LogP contribution in [0.15, 0.2) is 4.52 Å². The van der Waals surface area contributed by atoms with Gasteiger partial charge >= 0.3 is 0 Å². The quantitative estimate of drug-likeness (QED) is 0.878. The fourth-order valence-electron chi connectivity index (χ4n) is 2.98. The topological polar surface area (TPSA) is 57.4 Å². The van der Waals surface area contributed by atoms with Gasteiger partial charge in [0, 0.05) is 32.6 Å². The minimum absolute atomic E-state index is 0.776. The summed E-state index contributed by atoms with van der Waals surface area (Å²) in [7, 11) is 2.15. The van der Waals surface area contributed by atoms with Gasteiger partial charge in [0.15, 0.2) is 0 Å². The van der Waals surface area contributed by atoms with Crippen LogP contribution < -0.4 is 10.2 Å². The SMILES string of the molecule is CN1CCN(c2noc(CCC3CCNCC3)n2)CC1. The molecule has 2 fully saturated rings. The lowest BCUT2D eigenvalue weighted by Crippen LogP contribution is -2.44. The predicted molar refractivity (Wildman–Crippen MR) is 77.9 cm³/mol. The minimum Gasteiger partial charge on any atom is -0.337 e. The van der Waals surface area contributed by atoms with Crippen molar-refractivity contribution in [2.75, 3.05) is 51.2 Å². The maximum atomic E-state index is 5.40. The molecule has 0 aliphatic carbocycles. The molecule has 0 saturated carbocycles. The standard InChI is InChI=1S/C14H25N5O/c1-18-8-10-19(11-9-18)14-16-13(20-17-14)3-2-12-4-6-15-7-5-12/h12,15H,2-11H2,1H3. The highest BCUT2D eigenvalue weighted by molar-refractivity contribution is 5.28. The summed E-state index contributed by atoms with van der Waals surface area (Å²) in [5, 5.41) is 7.54. The summed E-state index contributed by atoms with van der Waals surface area (Å²) in [6.45, 7) is 6.42. The van der Waals surface area contributed by atoms with E-state index in [0.717, 1.165) is 63.4 Å². The Morgan fingerprint density at radius 3 is 2.70 bits per heavy atom. The van der Waals surface area contributed by atoms with Crippen LogP contribution in [0.1, 0.15) is 25.2 Å². The molecule has 1 N–H and O–H groups in total. The molecule has 6 nitrogen and oxygen atoms in total. The lowest BCUT2D eigenvalue weighted by atomic mass is 9.93. The van der Waals surface area contributed by atoms with Crippen LogP contribution in [0.3, 0.4) is 0 Å². The monoisotopic (exact) mass is 279 g/mol. The number of hydrogen-bond donors (Lipinski definition) is 1. The number of rotatable bonds is 4. The summed E-state index contributed by atoms with van der Waals surface area (Å²) < 4.78 is 5.40. The molecule has 3 heterocycles. The van der Waals surface area contributed by atoms with E-state index in [-0.39, 0.29) is 0 Å². The fraction of sp³-hybridized carbons (Fsp3) is 0.857. The summed E-state index contributed by atoms with van der Waals surface area (Å²) in [6, 6.07) is 0. The van der Waals surface area contributed by atoms with E-state index < -0.39 is 0 Å². The van der Waals surface area contributed by atoms with Gasteiger partial charge in [0.25, 0.3) is 5.95 Å². The highest BCUT2D eigenvalue weighted by Gasteiger charge is 2.20. The number of nitrogens with one attached hydrogen (secondary N) is 1. The summed E-state index contributed by atoms with van der Waals surface area (Å²) in [4.78, 5) is 9.11. The molecule has 0 spiro atoms. The van der Waals surface area contributed by atoms with E-state index in [1.807, 2.05) is 0 Å². The van der Waals surface area contributed by atoms with Gasteiger partial charge < -0.3 is 19.6 Å². The Bertz CT molecular complexity index is 407. The molecule has 0 atom stereocenters. The number of piperidine rings is 1. The summed E-state index contributed by atoms with van der Waals surface area (Å²) in [5.74, 6) is 2.39. The maximum Gasteiger partial charge on any atom is 0.266 e. The van der Waals surface area contributed by atoms with Gasteiger partial charge in [-0.1, -0.05) is 0 Å². The Balaban J connectivity index is 1.49. The second-order valence-electron chi connectivity index (χ2n) is 6.01. The second-order valence-corrected chi connectivity index (χ2v) is 6.01. The third kappa shape index (κ3) is 3.49. The van der Waals surface area contributed by atoms with Crippen molar-refractivity contribution >= 4 is 5.95 Å². The lowest BCUT2D eigenvalue weighted by Gasteiger charge is -2.31. The molecule has 0 aromatic carbocycles. The van der Waals surface area contributed by atoms with Gasteiger partial charge in [-0.25, -0.2) is 0 Å². The molecule has 0 radical (unpaired) electrons. The van der Waals surface area contributed by atoms with Crippen molar-refractivity contribution < 1.29 is 4.52 Å². The molecule has 1 aromatic rings. The van der Waals surface area contributed by atoms with Crippen molar-refractivity contribution in [2.45, 2.75) is 25.7 Å². The van der Waals surface area contributed by atoms with E-state index in [0.29, 0.717) is 0 Å². The van der Waals surface area contributed by atoms with E-state index in [1.165, 1.54) is 19.3 Å². The van der Waals surface area contributed by atoms with Crippen LogP contribution in [0.5, 0.6) is 0 Å². The number of likely N-dealkylation sites (N-methyl/N-ethyl adjacent to an activating group) is 1. The van der Waals surface area contributed by atoms with Gasteiger partial charge in [-0.2, -0.15) is 4.98 Å². The molecule has 2 saturated heterocycles. The van der Waals surface area contributed by atoms with Gasteiger partial charge in [-0.3, -0.25) is 0 Å². The number of aromatic nitrogens is 2. The summed E-state index contributed by atoms with van der Waals surface area (Å²) >= 11 is 0. The highest BCUT2D eigenvalue weighted by Crippen LogP contribution is 2.19. The summed E-state index contributed by atoms with van der Waals surface area (Å²) in [5.41, 5.74) is 0. The zero-order chi connectivity index (χ0) is 13.8. The molecule has 0 bridgehead atoms. The van der Waals surface area contributed by atoms with E-state index in [9.17, 15) is 0 Å². The van der Waals surface area contributed by atoms with Crippen molar-refractivity contribution in [1.82, 2.24) is 20.4 Å². The molecular weight excluding hydrogens is 254 g/mol. The number of anilines is 1. The van der Waals surface area contributed by atoms with Crippen molar-refractivity contribution in [3.8, 4) is 0 Å². The van der Waals surface area contributed by atoms with Gasteiger partial charge in [0.05, 0.1) is 0 Å². The molecule has 3 rings (SSSR count). The average molecular weight is 279 g/mol. The minimum atomic E-state index is 0.776. The van der Waals surface area contributed by atoms with Gasteiger partial charge in [0.2, 0.25) is 5.89 Å². The number of aryl methyl sites for hydroxylation is 1. The highest BCUT2D eigenvalue weighted by atomic mass is 16.5. The van der Waals surface area contributed by atoms with Crippen molar-refractivity contribution in [2.24, 2.45) is 5.92 Å². The molecule has 0 amide bonds. The first-order valence-electron chi connectivity index (χ1n) is 7.78. The van der Waals surface area contributed by atoms with Crippen LogP contribution >= 0.6 is 0 Å².